The second-order valence-electron chi connectivity index (χ2n) is 2.62. The van der Waals surface area contributed by atoms with E-state index in [2.05, 4.69) is 14.5 Å². The van der Waals surface area contributed by atoms with Gasteiger partial charge >= 0.3 is 0 Å². The zero-order valence-electron chi connectivity index (χ0n) is 7.36. The fourth-order valence-electron chi connectivity index (χ4n) is 0.761. The summed E-state index contributed by atoms with van der Waals surface area (Å²) in [4.78, 5) is 12.4. The summed E-state index contributed by atoms with van der Waals surface area (Å²) >= 11 is 1.26. The standard InChI is InChI=1S/C9H12NOPS/c1-7(10-12)9(11)13-8-5-3-2-4-6-8/h2-7,10H,12H2,1H3. The molecule has 2 nitrogen and oxygen atoms in total. The summed E-state index contributed by atoms with van der Waals surface area (Å²) in [5.41, 5.74) is 0. The monoisotopic (exact) mass is 213 g/mol. The first-order valence-corrected chi connectivity index (χ1v) is 5.36. The van der Waals surface area contributed by atoms with Gasteiger partial charge in [-0.3, -0.25) is 9.88 Å². The number of nitrogens with one attached hydrogen (secondary N) is 1. The van der Waals surface area contributed by atoms with E-state index in [1.54, 1.807) is 0 Å². The van der Waals surface area contributed by atoms with Crippen molar-refractivity contribution in [2.24, 2.45) is 0 Å². The molecule has 1 rings (SSSR count). The molecule has 0 aliphatic heterocycles. The fourth-order valence-corrected chi connectivity index (χ4v) is 1.80. The topological polar surface area (TPSA) is 29.1 Å². The second-order valence-corrected chi connectivity index (χ2v) is 4.03. The lowest BCUT2D eigenvalue weighted by molar-refractivity contribution is -0.112. The third-order valence-corrected chi connectivity index (χ3v) is 3.13. The minimum absolute atomic E-state index is 0.126. The van der Waals surface area contributed by atoms with Gasteiger partial charge in [0, 0.05) is 4.90 Å². The number of hydrogen-bond donors (Lipinski definition) is 1. The lowest BCUT2D eigenvalue weighted by atomic mass is 10.4. The van der Waals surface area contributed by atoms with Gasteiger partial charge in [-0.05, 0) is 19.1 Å². The first-order chi connectivity index (χ1) is 6.24. The van der Waals surface area contributed by atoms with Gasteiger partial charge < -0.3 is 0 Å². The molecule has 0 aliphatic rings. The maximum atomic E-state index is 11.4. The molecule has 0 saturated heterocycles. The summed E-state index contributed by atoms with van der Waals surface area (Å²) in [5, 5.41) is 2.96. The molecular weight excluding hydrogens is 201 g/mol. The lowest BCUT2D eigenvalue weighted by Gasteiger charge is -2.07. The van der Waals surface area contributed by atoms with Crippen LogP contribution < -0.4 is 5.09 Å². The first-order valence-electron chi connectivity index (χ1n) is 3.97. The van der Waals surface area contributed by atoms with Crippen LogP contribution >= 0.6 is 21.2 Å². The van der Waals surface area contributed by atoms with E-state index >= 15 is 0 Å². The van der Waals surface area contributed by atoms with E-state index in [0.717, 1.165) is 4.90 Å². The third kappa shape index (κ3) is 3.47. The quantitative estimate of drug-likeness (QED) is 0.615. The molecule has 0 bridgehead atoms. The maximum absolute atomic E-state index is 11.4. The van der Waals surface area contributed by atoms with Gasteiger partial charge in [0.1, 0.15) is 0 Å². The molecule has 70 valence electrons. The third-order valence-electron chi connectivity index (χ3n) is 1.57. The van der Waals surface area contributed by atoms with Crippen LogP contribution in [0.2, 0.25) is 0 Å². The lowest BCUT2D eigenvalue weighted by Crippen LogP contribution is -2.23. The summed E-state index contributed by atoms with van der Waals surface area (Å²) < 4.78 is 0. The van der Waals surface area contributed by atoms with Crippen LogP contribution in [0.25, 0.3) is 0 Å². The van der Waals surface area contributed by atoms with E-state index in [-0.39, 0.29) is 11.2 Å². The fraction of sp³-hybridized carbons (Fsp3) is 0.222. The Bertz CT molecular complexity index is 278. The average Bonchev–Trinajstić information content (AvgIpc) is 2.18. The van der Waals surface area contributed by atoms with E-state index in [9.17, 15) is 4.79 Å². The Morgan fingerprint density at radius 2 is 2.08 bits per heavy atom. The highest BCUT2D eigenvalue weighted by molar-refractivity contribution is 8.13. The van der Waals surface area contributed by atoms with E-state index in [1.807, 2.05) is 37.3 Å². The molecule has 2 atom stereocenters. The van der Waals surface area contributed by atoms with Crippen LogP contribution in [0.3, 0.4) is 0 Å². The van der Waals surface area contributed by atoms with Crippen LogP contribution in [-0.2, 0) is 4.79 Å². The Balaban J connectivity index is 2.55. The van der Waals surface area contributed by atoms with Crippen LogP contribution in [0.1, 0.15) is 6.92 Å². The molecule has 1 N–H and O–H groups in total. The molecule has 13 heavy (non-hydrogen) atoms. The Kier molecular flexibility index (Phi) is 4.43. The predicted octanol–water partition coefficient (Wildman–Crippen LogP) is 2.07. The molecule has 4 heteroatoms. The Morgan fingerprint density at radius 1 is 1.46 bits per heavy atom. The number of thioether (sulfide) groups is 1. The second kappa shape index (κ2) is 5.38. The molecule has 0 heterocycles. The highest BCUT2D eigenvalue weighted by Gasteiger charge is 2.11. The smallest absolute Gasteiger partial charge is 0.210 e. The largest absolute Gasteiger partial charge is 0.290 e. The summed E-state index contributed by atoms with van der Waals surface area (Å²) in [6, 6.07) is 9.51. The maximum Gasteiger partial charge on any atom is 0.210 e. The Morgan fingerprint density at radius 3 is 2.62 bits per heavy atom. The molecule has 0 aromatic heterocycles. The normalized spacial score (nSPS) is 12.5. The van der Waals surface area contributed by atoms with Gasteiger partial charge in [0.15, 0.2) is 0 Å². The van der Waals surface area contributed by atoms with Crippen LogP contribution in [0.15, 0.2) is 35.2 Å². The van der Waals surface area contributed by atoms with Gasteiger partial charge in [-0.2, -0.15) is 0 Å². The molecule has 0 radical (unpaired) electrons. The van der Waals surface area contributed by atoms with Crippen molar-refractivity contribution in [1.82, 2.24) is 5.09 Å². The average molecular weight is 213 g/mol. The highest BCUT2D eigenvalue weighted by Crippen LogP contribution is 2.19. The molecule has 0 aliphatic carbocycles. The van der Waals surface area contributed by atoms with E-state index in [4.69, 9.17) is 0 Å². The van der Waals surface area contributed by atoms with Crippen molar-refractivity contribution >= 4 is 26.3 Å². The summed E-state index contributed by atoms with van der Waals surface area (Å²) in [7, 11) is 2.35. The van der Waals surface area contributed by atoms with Gasteiger partial charge in [-0.15, -0.1) is 0 Å². The van der Waals surface area contributed by atoms with Crippen molar-refractivity contribution in [1.29, 1.82) is 0 Å². The van der Waals surface area contributed by atoms with E-state index in [1.165, 1.54) is 11.8 Å². The molecule has 0 saturated carbocycles. The molecule has 0 fully saturated rings. The van der Waals surface area contributed by atoms with Crippen LogP contribution in [0, 0.1) is 0 Å². The SMILES string of the molecule is CC(NP)C(=O)Sc1ccccc1. The van der Waals surface area contributed by atoms with Crippen molar-refractivity contribution in [3.63, 3.8) is 0 Å². The summed E-state index contributed by atoms with van der Waals surface area (Å²) in [6.45, 7) is 1.84. The number of carbonyl (C=O) groups excluding carboxylic acids is 1. The van der Waals surface area contributed by atoms with Gasteiger partial charge in [0.05, 0.1) is 6.04 Å². The molecule has 0 spiro atoms. The van der Waals surface area contributed by atoms with Gasteiger partial charge in [0.25, 0.3) is 0 Å². The zero-order valence-corrected chi connectivity index (χ0v) is 9.33. The number of carbonyl (C=O) groups is 1. The Labute approximate surface area is 84.7 Å². The van der Waals surface area contributed by atoms with Gasteiger partial charge in [-0.1, -0.05) is 39.4 Å². The van der Waals surface area contributed by atoms with Gasteiger partial charge in [-0.25, -0.2) is 0 Å². The van der Waals surface area contributed by atoms with Crippen molar-refractivity contribution in [2.45, 2.75) is 17.9 Å². The van der Waals surface area contributed by atoms with Gasteiger partial charge in [0.2, 0.25) is 5.12 Å². The first kappa shape index (κ1) is 10.7. The van der Waals surface area contributed by atoms with E-state index < -0.39 is 0 Å². The van der Waals surface area contributed by atoms with Crippen molar-refractivity contribution in [3.8, 4) is 0 Å². The Hall–Kier alpha value is -0.370. The molecule has 2 unspecified atom stereocenters. The summed E-state index contributed by atoms with van der Waals surface area (Å²) in [5.74, 6) is 0. The van der Waals surface area contributed by atoms with E-state index in [0.29, 0.717) is 0 Å². The van der Waals surface area contributed by atoms with Crippen LogP contribution in [0.5, 0.6) is 0 Å². The van der Waals surface area contributed by atoms with Crippen LogP contribution in [0.4, 0.5) is 0 Å². The van der Waals surface area contributed by atoms with Crippen molar-refractivity contribution < 1.29 is 4.79 Å². The minimum atomic E-state index is -0.129. The summed E-state index contributed by atoms with van der Waals surface area (Å²) in [6.07, 6.45) is 0. The predicted molar refractivity (Wildman–Crippen MR) is 59.6 cm³/mol. The van der Waals surface area contributed by atoms with Crippen LogP contribution in [-0.4, -0.2) is 11.2 Å². The molecule has 0 amide bonds. The molecule has 1 aromatic carbocycles. The molecular formula is C9H12NOPS. The zero-order chi connectivity index (χ0) is 9.68. The minimum Gasteiger partial charge on any atom is -0.290 e. The number of hydrogen-bond acceptors (Lipinski definition) is 3. The molecule has 1 aromatic rings. The van der Waals surface area contributed by atoms with Crippen molar-refractivity contribution in [2.75, 3.05) is 0 Å². The number of rotatable bonds is 3. The highest BCUT2D eigenvalue weighted by atomic mass is 32.2. The number of benzene rings is 1. The van der Waals surface area contributed by atoms with Crippen molar-refractivity contribution in [3.05, 3.63) is 30.3 Å².